The summed E-state index contributed by atoms with van der Waals surface area (Å²) in [5.74, 6) is -2.59. The molecule has 30 nitrogen and oxygen atoms in total. The van der Waals surface area contributed by atoms with Crippen LogP contribution in [0.4, 0.5) is 10.5 Å². The molecule has 1 saturated carbocycles. The number of imide groups is 2. The first kappa shape index (κ1) is 132. The van der Waals surface area contributed by atoms with Crippen molar-refractivity contribution in [1.82, 2.24) is 15.1 Å². The van der Waals surface area contributed by atoms with Crippen molar-refractivity contribution in [3.63, 3.8) is 0 Å². The number of carbonyl (C=O) groups excluding carboxylic acids is 6. The van der Waals surface area contributed by atoms with Gasteiger partial charge in [0.15, 0.2) is 11.1 Å². The minimum atomic E-state index is -2.48. The number of thiophene rings is 1. The number of carboxylic acid groups (broad SMARTS) is 2. The van der Waals surface area contributed by atoms with E-state index in [4.69, 9.17) is 44.7 Å². The van der Waals surface area contributed by atoms with Crippen molar-refractivity contribution in [2.24, 2.45) is 11.3 Å². The van der Waals surface area contributed by atoms with Gasteiger partial charge < -0.3 is 57.5 Å². The Labute approximate surface area is 756 Å². The van der Waals surface area contributed by atoms with Crippen LogP contribution in [0.5, 0.6) is 0 Å². The molecule has 650 valence electrons. The van der Waals surface area contributed by atoms with Crippen LogP contribution >= 0.6 is 22.9 Å². The first-order chi connectivity index (χ1) is 51.6. The molecule has 2 aliphatic heterocycles. The normalized spacial score (nSPS) is 14.2. The maximum atomic E-state index is 11.0. The summed E-state index contributed by atoms with van der Waals surface area (Å²) in [5, 5.41) is 39.8. The predicted molar refractivity (Wildman–Crippen MR) is 445 cm³/mol. The molecule has 9 rings (SSSR count). The summed E-state index contributed by atoms with van der Waals surface area (Å²) in [6.07, 6.45) is 10.2. The number of aliphatic hydroxyl groups excluding tert-OH is 1. The summed E-state index contributed by atoms with van der Waals surface area (Å²) in [6.45, 7) is 21.8. The zero-order valence-electron chi connectivity index (χ0n) is 65.0. The van der Waals surface area contributed by atoms with E-state index >= 15 is 0 Å². The fourth-order valence-electron chi connectivity index (χ4n) is 7.82. The standard InChI is InChI=1S/C8H12O2.C8H16O2.C8H10OS.2C7H8O2S.C6H4ClNO4S.C6H8N2O3.C6H6O2S.C5H10O.C4H11N.C4H4O2S2.CH4O3S.CH2O2.4CH4.2Na/c1-8(2)4-6(9)3-7(10)5-8;1-3-5-6-7(4-2)8(9)10;1-7-3-5-8(6-4-7)10(2)9;2*1-6-2-4-7(5-3-6)10(8)9;7-5-2-1-4(13(11)12)3-6(5)8(9)10;1-7-4(9)3-5(10)8(2)6(7)11;7-9(8)6-4-2-1-3-5-6;1-2-4-6-5-3-1;1-3-5-4-2;5-8(6)4-2-1-3-7-4;2-1-5(3)4;2-1-3;;;;;;/h3-5H2,1-2H3;7H,3-6H2,1-2H3,(H,9,10);3-6H,1-2H3;2*2-5H,1H3,(H,8,9);1-3H,(H,11,12);3H2,1-2H3;1-5H,(H,7,8);1-5H2;5H,3-4H2,1-2H3;1-3H,(H,5,6);2H,1H2,(H,3,4);1H,(H,2,3);4*1H4;;/q;;;;;;;;;;;;;;;;;2*+1/p-6. The van der Waals surface area contributed by atoms with E-state index in [1.54, 1.807) is 103 Å². The number of hydrogen-bond acceptors (Lipinski definition) is 26. The van der Waals surface area contributed by atoms with Crippen LogP contribution in [0, 0.1) is 42.2 Å². The second-order valence-electron chi connectivity index (χ2n) is 23.1. The number of amides is 4. The van der Waals surface area contributed by atoms with E-state index in [-0.39, 0.29) is 141 Å². The van der Waals surface area contributed by atoms with E-state index < -0.39 is 118 Å². The number of nitro benzene ring substituents is 1. The van der Waals surface area contributed by atoms with Gasteiger partial charge in [-0.2, -0.15) is 0 Å². The van der Waals surface area contributed by atoms with Crippen molar-refractivity contribution in [3.8, 4) is 0 Å². The number of ketones is 2. The molecule has 8 unspecified atom stereocenters. The molecule has 41 heteroatoms. The largest absolute Gasteiger partial charge is 1.00 e. The van der Waals surface area contributed by atoms with E-state index in [1.165, 1.54) is 62.4 Å². The van der Waals surface area contributed by atoms with Crippen molar-refractivity contribution in [3.05, 3.63) is 171 Å². The van der Waals surface area contributed by atoms with Crippen LogP contribution in [0.15, 0.2) is 168 Å². The summed E-state index contributed by atoms with van der Waals surface area (Å²) in [4.78, 5) is 86.3. The smallest absolute Gasteiger partial charge is 0.771 e. The Balaban J connectivity index is -0.000000132. The number of urea groups is 1. The Kier molecular flexibility index (Phi) is 90.7. The molecule has 0 bridgehead atoms. The van der Waals surface area contributed by atoms with Gasteiger partial charge in [-0.1, -0.05) is 173 Å². The topological polar surface area (TPSA) is 509 Å². The molecule has 6 aromatic rings. The number of benzene rings is 5. The number of rotatable bonds is 15. The van der Waals surface area contributed by atoms with Crippen LogP contribution < -0.4 is 69.5 Å². The van der Waals surface area contributed by atoms with Gasteiger partial charge in [0.1, 0.15) is 28.9 Å². The van der Waals surface area contributed by atoms with Crippen LogP contribution in [0.1, 0.15) is 159 Å². The Hall–Kier alpha value is -4.93. The quantitative estimate of drug-likeness (QED) is 0.0212. The third-order valence-electron chi connectivity index (χ3n) is 13.5. The SMILES string of the molecule is C.C.C.C.C1CCOCC1.CC1(C)CC(=O)CC(=O)C1.CCCCC(CC)C(=O)[O-].CCNCC.CN1C(=O)CC(=O)N(C)C1=O.Cc1ccc(S(=O)[O-])cc1.Cc1ccc(S(=O)[O-])cc1.Cc1ccc(S(C)=O)cc1.O=CO.O=S(O)c1ccccc1.O=S([O-])CO.O=S([O-])c1cccs1.O=[N+]([O-])c1cc(S(=O)[O-])ccc1Cl.[Na+].[Na+]. The number of carbonyl (C=O) groups is 7. The number of aliphatic carboxylic acids is 1. The summed E-state index contributed by atoms with van der Waals surface area (Å²) < 4.78 is 136. The Morgan fingerprint density at radius 1 is 0.629 bits per heavy atom. The third-order valence-corrected chi connectivity index (χ3v) is 19.4. The number of nitrogens with zero attached hydrogens (tertiary/aromatic N) is 3. The van der Waals surface area contributed by atoms with Gasteiger partial charge in [-0.05, 0) is 205 Å². The molecule has 2 saturated heterocycles. The second kappa shape index (κ2) is 79.8. The van der Waals surface area contributed by atoms with Gasteiger partial charge in [-0.15, -0.1) is 11.3 Å². The zero-order valence-corrected chi connectivity index (χ0v) is 76.3. The first-order valence-corrected chi connectivity index (χ1v) is 42.4. The molecule has 0 spiro atoms. The average Bonchev–Trinajstić information content (AvgIpc) is 0.912. The molecule has 1 aliphatic carbocycles. The number of nitrogens with one attached hydrogen (secondary N) is 1. The Morgan fingerprint density at radius 2 is 1.02 bits per heavy atom. The van der Waals surface area contributed by atoms with Gasteiger partial charge in [0.2, 0.25) is 11.8 Å². The number of barbiturate groups is 1. The monoisotopic (exact) mass is 1820 g/mol. The van der Waals surface area contributed by atoms with Crippen LogP contribution in [-0.4, -0.2) is 176 Å². The Morgan fingerprint density at radius 3 is 1.26 bits per heavy atom. The molecular formula is C75H113ClN4Na2O26S8-4. The fourth-order valence-corrected chi connectivity index (χ4v) is 11.1. The minimum absolute atomic E-state index is 0. The summed E-state index contributed by atoms with van der Waals surface area (Å²) in [5.41, 5.74) is 2.84. The maximum absolute atomic E-state index is 11.0. The molecule has 4 N–H and O–H groups in total. The van der Waals surface area contributed by atoms with Gasteiger partial charge in [-0.3, -0.25) is 69.1 Å². The molecular weight excluding hydrogens is 1710 g/mol. The fraction of sp³-hybridized carbons (Fsp3) is 0.453. The number of carboxylic acids is 1. The number of Topliss-reactive ketones (excluding diaryl/α,β-unsaturated/α-hetero) is 2. The molecule has 3 aliphatic rings. The molecule has 1 aromatic heterocycles. The summed E-state index contributed by atoms with van der Waals surface area (Å²) in [7, 11) is 1.87. The summed E-state index contributed by atoms with van der Waals surface area (Å²) >= 11 is -6.11. The van der Waals surface area contributed by atoms with Crippen LogP contribution in [0.2, 0.25) is 5.02 Å². The number of unbranched alkanes of at least 4 members (excludes halogenated alkanes) is 1. The van der Waals surface area contributed by atoms with Gasteiger partial charge in [0.05, 0.1) is 20.4 Å². The van der Waals surface area contributed by atoms with Crippen molar-refractivity contribution in [2.45, 2.75) is 191 Å². The van der Waals surface area contributed by atoms with Gasteiger partial charge in [0.25, 0.3) is 12.2 Å². The molecule has 0 radical (unpaired) electrons. The van der Waals surface area contributed by atoms with E-state index in [0.717, 1.165) is 77.5 Å². The van der Waals surface area contributed by atoms with Crippen molar-refractivity contribution < 1.29 is 174 Å². The molecule has 3 heterocycles. The van der Waals surface area contributed by atoms with Crippen LogP contribution in [-0.2, 0) is 111 Å². The number of aryl methyl sites for hydroxylation is 3. The van der Waals surface area contributed by atoms with Gasteiger partial charge >= 0.3 is 65.1 Å². The second-order valence-corrected chi connectivity index (χ2v) is 31.6. The molecule has 8 atom stereocenters. The van der Waals surface area contributed by atoms with Gasteiger partial charge in [-0.25, -0.2) is 9.00 Å². The van der Waals surface area contributed by atoms with Crippen molar-refractivity contribution >= 4 is 148 Å². The van der Waals surface area contributed by atoms with Crippen molar-refractivity contribution in [1.29, 1.82) is 0 Å². The maximum Gasteiger partial charge on any atom is 1.00 e. The third kappa shape index (κ3) is 69.8. The van der Waals surface area contributed by atoms with E-state index in [9.17, 15) is 87.5 Å². The van der Waals surface area contributed by atoms with Crippen molar-refractivity contribution in [2.75, 3.05) is 52.6 Å². The molecule has 5 aromatic carbocycles. The van der Waals surface area contributed by atoms with E-state index in [2.05, 4.69) is 26.1 Å². The number of nitro groups is 1. The van der Waals surface area contributed by atoms with Crippen LogP contribution in [0.25, 0.3) is 0 Å². The predicted octanol–water partition coefficient (Wildman–Crippen LogP) is 6.52. The minimum Gasteiger partial charge on any atom is -0.771 e. The van der Waals surface area contributed by atoms with Crippen LogP contribution in [0.3, 0.4) is 0 Å². The average molecular weight is 1820 g/mol. The summed E-state index contributed by atoms with van der Waals surface area (Å²) in [6, 6.07) is 35.6. The number of aliphatic hydroxyl groups is 1. The number of halogens is 1. The van der Waals surface area contributed by atoms with E-state index in [0.29, 0.717) is 38.2 Å². The number of ether oxygens (including phenoxy) is 1. The Bertz CT molecular complexity index is 3630. The zero-order chi connectivity index (χ0) is 85.1. The van der Waals surface area contributed by atoms with Gasteiger partial charge in [0, 0.05) is 88.8 Å². The molecule has 4 amide bonds. The number of hydrogen-bond donors (Lipinski definition) is 4. The molecule has 3 fully saturated rings. The van der Waals surface area contributed by atoms with E-state index in [1.807, 2.05) is 65.8 Å². The molecule has 116 heavy (non-hydrogen) atoms. The first-order valence-electron chi connectivity index (χ1n) is 33.0.